The summed E-state index contributed by atoms with van der Waals surface area (Å²) in [7, 11) is -3.33. The lowest BCUT2D eigenvalue weighted by atomic mass is 10.1. The summed E-state index contributed by atoms with van der Waals surface area (Å²) >= 11 is 0. The second-order valence-corrected chi connectivity index (χ2v) is 8.81. The van der Waals surface area contributed by atoms with Gasteiger partial charge in [0.05, 0.1) is 24.2 Å². The molecular weight excluding hydrogens is 404 g/mol. The summed E-state index contributed by atoms with van der Waals surface area (Å²) < 4.78 is 42.7. The summed E-state index contributed by atoms with van der Waals surface area (Å²) in [4.78, 5) is 4.42. The lowest BCUT2D eigenvalue weighted by Gasteiger charge is -2.18. The Morgan fingerprint density at radius 3 is 2.33 bits per heavy atom. The highest BCUT2D eigenvalue weighted by Gasteiger charge is 2.26. The zero-order chi connectivity index (χ0) is 22.3. The van der Waals surface area contributed by atoms with Gasteiger partial charge in [-0.25, -0.2) is 4.39 Å². The minimum absolute atomic E-state index is 0.295. The Bertz CT molecular complexity index is 946. The number of halogens is 1. The highest BCUT2D eigenvalue weighted by Crippen LogP contribution is 2.47. The smallest absolute Gasteiger partial charge is 0.361 e. The first kappa shape index (κ1) is 24.0. The molecule has 0 radical (unpaired) electrons. The Morgan fingerprint density at radius 1 is 1.20 bits per heavy atom. The quantitative estimate of drug-likeness (QED) is 0.332. The van der Waals surface area contributed by atoms with Crippen molar-refractivity contribution < 1.29 is 22.7 Å². The van der Waals surface area contributed by atoms with Crippen LogP contribution in [0.15, 0.2) is 60.6 Å². The van der Waals surface area contributed by atoms with Crippen molar-refractivity contribution in [2.24, 2.45) is 0 Å². The maximum absolute atomic E-state index is 13.1. The van der Waals surface area contributed by atoms with E-state index in [1.807, 2.05) is 32.0 Å². The van der Waals surface area contributed by atoms with Crippen molar-refractivity contribution in [2.75, 3.05) is 13.2 Å². The van der Waals surface area contributed by atoms with Gasteiger partial charge in [0.2, 0.25) is 0 Å². The Kier molecular flexibility index (Phi) is 8.54. The van der Waals surface area contributed by atoms with Crippen LogP contribution in [-0.2, 0) is 13.6 Å². The van der Waals surface area contributed by atoms with Crippen molar-refractivity contribution >= 4 is 12.9 Å². The standard InChI is InChI=1S/C23H29FNO4P/c1-7-27-30(26,28-8-2)22-11-9-20(10-12-22)21-14-23(18(5)25-15-21)29-19(6)16(3)13-17(4)24/h9-15,19H,4,7-8H2,1-3,5-6H3. The van der Waals surface area contributed by atoms with E-state index >= 15 is 0 Å². The van der Waals surface area contributed by atoms with E-state index in [-0.39, 0.29) is 6.10 Å². The summed E-state index contributed by atoms with van der Waals surface area (Å²) in [5.74, 6) is 0.0960. The molecule has 0 amide bonds. The first-order valence-corrected chi connectivity index (χ1v) is 11.4. The number of allylic oxidation sites excluding steroid dienone is 2. The van der Waals surface area contributed by atoms with Gasteiger partial charge in [-0.05, 0) is 70.0 Å². The van der Waals surface area contributed by atoms with Crippen LogP contribution in [0.3, 0.4) is 0 Å². The van der Waals surface area contributed by atoms with Crippen molar-refractivity contribution in [2.45, 2.75) is 40.7 Å². The van der Waals surface area contributed by atoms with E-state index < -0.39 is 13.4 Å². The molecule has 5 nitrogen and oxygen atoms in total. The van der Waals surface area contributed by atoms with Crippen LogP contribution in [-0.4, -0.2) is 24.3 Å². The van der Waals surface area contributed by atoms with Gasteiger partial charge in [0.15, 0.2) is 0 Å². The van der Waals surface area contributed by atoms with Crippen molar-refractivity contribution in [1.82, 2.24) is 4.98 Å². The van der Waals surface area contributed by atoms with E-state index in [0.717, 1.165) is 22.4 Å². The molecule has 2 rings (SSSR count). The van der Waals surface area contributed by atoms with Crippen molar-refractivity contribution in [3.05, 3.63) is 66.3 Å². The van der Waals surface area contributed by atoms with Gasteiger partial charge in [-0.3, -0.25) is 9.55 Å². The molecule has 7 heteroatoms. The molecule has 0 saturated carbocycles. The van der Waals surface area contributed by atoms with Crippen LogP contribution in [0.5, 0.6) is 5.75 Å². The summed E-state index contributed by atoms with van der Waals surface area (Å²) in [5.41, 5.74) is 3.17. The molecule has 1 aromatic carbocycles. The number of pyridine rings is 1. The molecule has 30 heavy (non-hydrogen) atoms. The summed E-state index contributed by atoms with van der Waals surface area (Å²) in [5, 5.41) is 0.507. The molecule has 0 bridgehead atoms. The molecule has 1 heterocycles. The summed E-state index contributed by atoms with van der Waals surface area (Å²) in [6.45, 7) is 12.9. The summed E-state index contributed by atoms with van der Waals surface area (Å²) in [6.07, 6.45) is 2.77. The molecule has 0 fully saturated rings. The normalized spacial score (nSPS) is 13.2. The van der Waals surface area contributed by atoms with E-state index in [2.05, 4.69) is 11.6 Å². The fourth-order valence-electron chi connectivity index (χ4n) is 2.80. The molecule has 0 aliphatic heterocycles. The van der Waals surface area contributed by atoms with Crippen molar-refractivity contribution in [3.8, 4) is 16.9 Å². The van der Waals surface area contributed by atoms with Gasteiger partial charge in [-0.15, -0.1) is 0 Å². The number of rotatable bonds is 10. The molecule has 2 aromatic rings. The second kappa shape index (κ2) is 10.7. The Labute approximate surface area is 178 Å². The second-order valence-electron chi connectivity index (χ2n) is 6.78. The van der Waals surface area contributed by atoms with Gasteiger partial charge >= 0.3 is 7.60 Å². The highest BCUT2D eigenvalue weighted by atomic mass is 31.2. The number of benzene rings is 1. The molecule has 0 saturated heterocycles. The first-order chi connectivity index (χ1) is 14.2. The van der Waals surface area contributed by atoms with E-state index in [0.29, 0.717) is 24.3 Å². The van der Waals surface area contributed by atoms with Gasteiger partial charge in [0, 0.05) is 11.8 Å². The monoisotopic (exact) mass is 433 g/mol. The third-order valence-corrected chi connectivity index (χ3v) is 6.61. The zero-order valence-electron chi connectivity index (χ0n) is 18.1. The van der Waals surface area contributed by atoms with Gasteiger partial charge < -0.3 is 13.8 Å². The number of aromatic nitrogens is 1. The Hall–Kier alpha value is -2.27. The molecule has 162 valence electrons. The number of aryl methyl sites for hydroxylation is 1. The van der Waals surface area contributed by atoms with Gasteiger partial charge in [0.25, 0.3) is 0 Å². The fourth-order valence-corrected chi connectivity index (χ4v) is 4.37. The predicted octanol–water partition coefficient (Wildman–Crippen LogP) is 6.15. The fraction of sp³-hybridized carbons (Fsp3) is 0.348. The average Bonchev–Trinajstić information content (AvgIpc) is 2.69. The lowest BCUT2D eigenvalue weighted by Crippen LogP contribution is -2.14. The van der Waals surface area contributed by atoms with Crippen LogP contribution in [0.25, 0.3) is 11.1 Å². The van der Waals surface area contributed by atoms with E-state index in [1.165, 1.54) is 6.08 Å². The van der Waals surface area contributed by atoms with Crippen LogP contribution in [0.1, 0.15) is 33.4 Å². The number of nitrogens with zero attached hydrogens (tertiary/aromatic N) is 1. The molecule has 1 aromatic heterocycles. The Morgan fingerprint density at radius 2 is 1.80 bits per heavy atom. The summed E-state index contributed by atoms with van der Waals surface area (Å²) in [6, 6.07) is 9.06. The maximum Gasteiger partial charge on any atom is 0.361 e. The third-order valence-electron chi connectivity index (χ3n) is 4.48. The number of hydrogen-bond donors (Lipinski definition) is 0. The topological polar surface area (TPSA) is 57.7 Å². The van der Waals surface area contributed by atoms with Crippen molar-refractivity contribution in [1.29, 1.82) is 0 Å². The molecule has 0 aliphatic rings. The number of hydrogen-bond acceptors (Lipinski definition) is 5. The largest absolute Gasteiger partial charge is 0.484 e. The van der Waals surface area contributed by atoms with Crippen LogP contribution < -0.4 is 10.0 Å². The van der Waals surface area contributed by atoms with E-state index in [9.17, 15) is 8.96 Å². The van der Waals surface area contributed by atoms with Crippen LogP contribution in [0, 0.1) is 6.92 Å². The van der Waals surface area contributed by atoms with Crippen LogP contribution >= 0.6 is 7.60 Å². The minimum Gasteiger partial charge on any atom is -0.484 e. The molecule has 1 unspecified atom stereocenters. The van der Waals surface area contributed by atoms with Crippen LogP contribution in [0.4, 0.5) is 4.39 Å². The SMILES string of the molecule is C=C(F)C=C(C)C(C)Oc1cc(-c2ccc(P(=O)(OCC)OCC)cc2)cnc1C. The van der Waals surface area contributed by atoms with Gasteiger partial charge in [0.1, 0.15) is 17.7 Å². The average molecular weight is 433 g/mol. The van der Waals surface area contributed by atoms with E-state index in [4.69, 9.17) is 13.8 Å². The van der Waals surface area contributed by atoms with Gasteiger partial charge in [-0.1, -0.05) is 18.7 Å². The van der Waals surface area contributed by atoms with Crippen molar-refractivity contribution in [3.63, 3.8) is 0 Å². The molecule has 1 atom stereocenters. The third kappa shape index (κ3) is 6.11. The molecular formula is C23H29FNO4P. The number of ether oxygens (including phenoxy) is 1. The van der Waals surface area contributed by atoms with Gasteiger partial charge in [-0.2, -0.15) is 0 Å². The maximum atomic E-state index is 13.1. The Balaban J connectivity index is 2.29. The molecule has 0 N–H and O–H groups in total. The lowest BCUT2D eigenvalue weighted by molar-refractivity contribution is 0.230. The first-order valence-electron chi connectivity index (χ1n) is 9.86. The minimum atomic E-state index is -3.33. The van der Waals surface area contributed by atoms with Crippen LogP contribution in [0.2, 0.25) is 0 Å². The zero-order valence-corrected chi connectivity index (χ0v) is 19.0. The van der Waals surface area contributed by atoms with E-state index in [1.54, 1.807) is 39.1 Å². The molecule has 0 spiro atoms. The predicted molar refractivity (Wildman–Crippen MR) is 119 cm³/mol. The molecule has 0 aliphatic carbocycles. The highest BCUT2D eigenvalue weighted by molar-refractivity contribution is 7.62.